The van der Waals surface area contributed by atoms with Gasteiger partial charge in [0.1, 0.15) is 0 Å². The zero-order valence-corrected chi connectivity index (χ0v) is 8.19. The molecular weight excluding hydrogens is 194 g/mol. The Hall–Kier alpha value is -2.17. The fraction of sp³-hybridized carbons (Fsp3) is 0.100. The minimum absolute atomic E-state index is 0.263. The van der Waals surface area contributed by atoms with E-state index in [1.54, 1.807) is 29.7 Å². The SMILES string of the molecule is Cc1ccc(N2NC=CN2)c(C(=O)O)c1. The van der Waals surface area contributed by atoms with E-state index in [0.717, 1.165) is 5.56 Å². The summed E-state index contributed by atoms with van der Waals surface area (Å²) < 4.78 is 0. The molecule has 0 radical (unpaired) electrons. The molecule has 0 atom stereocenters. The van der Waals surface area contributed by atoms with Crippen LogP contribution in [0.3, 0.4) is 0 Å². The number of nitrogens with one attached hydrogen (secondary N) is 2. The van der Waals surface area contributed by atoms with Crippen molar-refractivity contribution in [3.8, 4) is 0 Å². The molecule has 1 aliphatic rings. The average Bonchev–Trinajstić information content (AvgIpc) is 2.70. The predicted molar refractivity (Wildman–Crippen MR) is 56.0 cm³/mol. The van der Waals surface area contributed by atoms with E-state index in [-0.39, 0.29) is 5.56 Å². The van der Waals surface area contributed by atoms with E-state index in [1.807, 2.05) is 13.0 Å². The molecule has 0 fully saturated rings. The zero-order valence-electron chi connectivity index (χ0n) is 8.19. The molecule has 78 valence electrons. The Morgan fingerprint density at radius 3 is 2.60 bits per heavy atom. The van der Waals surface area contributed by atoms with Gasteiger partial charge < -0.3 is 5.11 Å². The van der Waals surface area contributed by atoms with Gasteiger partial charge in [-0.25, -0.2) is 4.79 Å². The number of carboxylic acid groups (broad SMARTS) is 1. The summed E-state index contributed by atoms with van der Waals surface area (Å²) in [6, 6.07) is 5.26. The Labute approximate surface area is 87.0 Å². The van der Waals surface area contributed by atoms with Crippen LogP contribution in [0, 0.1) is 6.92 Å². The van der Waals surface area contributed by atoms with Crippen molar-refractivity contribution >= 4 is 11.7 Å². The highest BCUT2D eigenvalue weighted by Gasteiger charge is 2.16. The summed E-state index contributed by atoms with van der Waals surface area (Å²) in [4.78, 5) is 11.0. The smallest absolute Gasteiger partial charge is 0.337 e. The van der Waals surface area contributed by atoms with Crippen LogP contribution in [0.1, 0.15) is 15.9 Å². The molecule has 0 saturated carbocycles. The lowest BCUT2D eigenvalue weighted by Gasteiger charge is -2.20. The Balaban J connectivity index is 2.41. The maximum absolute atomic E-state index is 11.0. The molecule has 0 unspecified atom stereocenters. The quantitative estimate of drug-likeness (QED) is 0.672. The first-order valence-corrected chi connectivity index (χ1v) is 4.50. The summed E-state index contributed by atoms with van der Waals surface area (Å²) in [6.07, 6.45) is 3.37. The van der Waals surface area contributed by atoms with Crippen LogP contribution in [0.25, 0.3) is 0 Å². The van der Waals surface area contributed by atoms with Crippen molar-refractivity contribution in [2.45, 2.75) is 6.92 Å². The first-order valence-electron chi connectivity index (χ1n) is 4.50. The summed E-state index contributed by atoms with van der Waals surface area (Å²) in [7, 11) is 0. The van der Waals surface area contributed by atoms with Crippen molar-refractivity contribution in [3.05, 3.63) is 41.7 Å². The molecule has 1 aromatic rings. The van der Waals surface area contributed by atoms with Gasteiger partial charge in [-0.3, -0.25) is 10.9 Å². The largest absolute Gasteiger partial charge is 0.478 e. The number of anilines is 1. The van der Waals surface area contributed by atoms with Gasteiger partial charge in [-0.05, 0) is 19.1 Å². The van der Waals surface area contributed by atoms with E-state index in [1.165, 1.54) is 0 Å². The van der Waals surface area contributed by atoms with Crippen molar-refractivity contribution in [1.29, 1.82) is 0 Å². The average molecular weight is 205 g/mol. The highest BCUT2D eigenvalue weighted by molar-refractivity contribution is 5.94. The lowest BCUT2D eigenvalue weighted by molar-refractivity contribution is 0.0697. The number of carboxylic acids is 1. The van der Waals surface area contributed by atoms with Crippen LogP contribution >= 0.6 is 0 Å². The monoisotopic (exact) mass is 205 g/mol. The molecule has 0 aliphatic carbocycles. The lowest BCUT2D eigenvalue weighted by atomic mass is 10.1. The van der Waals surface area contributed by atoms with Crippen LogP contribution in [-0.4, -0.2) is 11.1 Å². The summed E-state index contributed by atoms with van der Waals surface area (Å²) in [5.74, 6) is -0.941. The van der Waals surface area contributed by atoms with Crippen LogP contribution in [0.15, 0.2) is 30.6 Å². The topological polar surface area (TPSA) is 64.6 Å². The summed E-state index contributed by atoms with van der Waals surface area (Å²) in [5, 5.41) is 10.6. The molecule has 0 bridgehead atoms. The highest BCUT2D eigenvalue weighted by Crippen LogP contribution is 2.20. The molecule has 1 aromatic carbocycles. The lowest BCUT2D eigenvalue weighted by Crippen LogP contribution is -2.38. The molecule has 2 rings (SSSR count). The molecule has 15 heavy (non-hydrogen) atoms. The number of carbonyl (C=O) groups is 1. The Morgan fingerprint density at radius 1 is 1.33 bits per heavy atom. The van der Waals surface area contributed by atoms with Gasteiger partial charge in [-0.2, -0.15) is 5.12 Å². The van der Waals surface area contributed by atoms with E-state index in [4.69, 9.17) is 5.11 Å². The predicted octanol–water partition coefficient (Wildman–Crippen LogP) is 0.994. The molecule has 0 spiro atoms. The number of rotatable bonds is 2. The van der Waals surface area contributed by atoms with Crippen molar-refractivity contribution in [3.63, 3.8) is 0 Å². The number of nitrogens with zero attached hydrogens (tertiary/aromatic N) is 1. The van der Waals surface area contributed by atoms with Gasteiger partial charge in [0, 0.05) is 12.4 Å². The van der Waals surface area contributed by atoms with Gasteiger partial charge in [-0.1, -0.05) is 11.6 Å². The minimum Gasteiger partial charge on any atom is -0.478 e. The van der Waals surface area contributed by atoms with Gasteiger partial charge in [0.2, 0.25) is 0 Å². The van der Waals surface area contributed by atoms with Crippen LogP contribution in [-0.2, 0) is 0 Å². The maximum atomic E-state index is 11.0. The van der Waals surface area contributed by atoms with Crippen LogP contribution in [0.4, 0.5) is 5.69 Å². The normalized spacial score (nSPS) is 13.5. The number of benzene rings is 1. The number of hydrazine groups is 2. The molecule has 0 amide bonds. The van der Waals surface area contributed by atoms with Crippen LogP contribution in [0.5, 0.6) is 0 Å². The second-order valence-corrected chi connectivity index (χ2v) is 3.25. The fourth-order valence-corrected chi connectivity index (χ4v) is 1.42. The summed E-state index contributed by atoms with van der Waals surface area (Å²) in [6.45, 7) is 1.86. The molecule has 0 saturated heterocycles. The standard InChI is InChI=1S/C10H11N3O2/c1-7-2-3-9(8(6-7)10(14)15)13-11-4-5-12-13/h2-6,11-12H,1H3,(H,14,15). The molecule has 3 N–H and O–H groups in total. The van der Waals surface area contributed by atoms with E-state index >= 15 is 0 Å². The number of hydrogen-bond donors (Lipinski definition) is 3. The highest BCUT2D eigenvalue weighted by atomic mass is 16.4. The number of aromatic carboxylic acids is 1. The molecule has 0 aromatic heterocycles. The maximum Gasteiger partial charge on any atom is 0.337 e. The molecule has 5 nitrogen and oxygen atoms in total. The molecule has 1 heterocycles. The second kappa shape index (κ2) is 3.53. The van der Waals surface area contributed by atoms with Crippen molar-refractivity contribution in [2.24, 2.45) is 0 Å². The van der Waals surface area contributed by atoms with E-state index in [2.05, 4.69) is 10.9 Å². The third-order valence-electron chi connectivity index (χ3n) is 2.11. The number of hydrogen-bond acceptors (Lipinski definition) is 4. The van der Waals surface area contributed by atoms with Gasteiger partial charge >= 0.3 is 5.97 Å². The Kier molecular flexibility index (Phi) is 2.21. The molecular formula is C10H11N3O2. The van der Waals surface area contributed by atoms with Gasteiger partial charge in [0.15, 0.2) is 0 Å². The van der Waals surface area contributed by atoms with Crippen LogP contribution in [0.2, 0.25) is 0 Å². The van der Waals surface area contributed by atoms with Crippen molar-refractivity contribution in [2.75, 3.05) is 5.12 Å². The van der Waals surface area contributed by atoms with E-state index in [9.17, 15) is 4.79 Å². The molecule has 5 heteroatoms. The van der Waals surface area contributed by atoms with Crippen molar-refractivity contribution in [1.82, 2.24) is 10.9 Å². The second-order valence-electron chi connectivity index (χ2n) is 3.25. The van der Waals surface area contributed by atoms with E-state index in [0.29, 0.717) is 5.69 Å². The van der Waals surface area contributed by atoms with Crippen molar-refractivity contribution < 1.29 is 9.90 Å². The molecule has 1 aliphatic heterocycles. The Morgan fingerprint density at radius 2 is 2.00 bits per heavy atom. The fourth-order valence-electron chi connectivity index (χ4n) is 1.42. The van der Waals surface area contributed by atoms with Gasteiger partial charge in [0.25, 0.3) is 0 Å². The first kappa shape index (κ1) is 9.39. The summed E-state index contributed by atoms with van der Waals surface area (Å²) in [5.41, 5.74) is 7.50. The minimum atomic E-state index is -0.941. The summed E-state index contributed by atoms with van der Waals surface area (Å²) >= 11 is 0. The van der Waals surface area contributed by atoms with E-state index < -0.39 is 5.97 Å². The third kappa shape index (κ3) is 1.71. The Bertz CT molecular complexity index is 421. The number of aryl methyl sites for hydroxylation is 1. The van der Waals surface area contributed by atoms with Gasteiger partial charge in [0.05, 0.1) is 11.3 Å². The van der Waals surface area contributed by atoms with Crippen LogP contribution < -0.4 is 16.0 Å². The first-order chi connectivity index (χ1) is 7.18. The zero-order chi connectivity index (χ0) is 10.8. The third-order valence-corrected chi connectivity index (χ3v) is 2.11. The van der Waals surface area contributed by atoms with Gasteiger partial charge in [-0.15, -0.1) is 0 Å².